The Labute approximate surface area is 75.8 Å². The molecule has 1 aliphatic heterocycles. The van der Waals surface area contributed by atoms with Crippen molar-refractivity contribution >= 4 is 17.2 Å². The molecule has 0 aliphatic carbocycles. The highest BCUT2D eigenvalue weighted by Crippen LogP contribution is 2.37. The molecular weight excluding hydrogens is 170 g/mol. The second-order valence-electron chi connectivity index (χ2n) is 3.23. The number of carbonyl (C=O) groups is 1. The maximum atomic E-state index is 11.6. The van der Waals surface area contributed by atoms with E-state index < -0.39 is 0 Å². The van der Waals surface area contributed by atoms with E-state index in [9.17, 15) is 4.79 Å². The SMILES string of the molecule is Cc1cc2c(s1)C(C)N(C)C2=O. The second-order valence-corrected chi connectivity index (χ2v) is 4.51. The van der Waals surface area contributed by atoms with E-state index >= 15 is 0 Å². The third-order valence-electron chi connectivity index (χ3n) is 2.40. The standard InChI is InChI=1S/C9H11NOS/c1-5-4-7-8(12-5)6(2)10(3)9(7)11/h4,6H,1-3H3. The molecule has 64 valence electrons. The van der Waals surface area contributed by atoms with Crippen LogP contribution in [0.15, 0.2) is 6.07 Å². The fourth-order valence-corrected chi connectivity index (χ4v) is 2.66. The summed E-state index contributed by atoms with van der Waals surface area (Å²) in [5, 5.41) is 0. The van der Waals surface area contributed by atoms with Crippen molar-refractivity contribution in [3.63, 3.8) is 0 Å². The van der Waals surface area contributed by atoms with E-state index in [2.05, 4.69) is 6.92 Å². The Morgan fingerprint density at radius 2 is 2.25 bits per heavy atom. The molecule has 1 amide bonds. The lowest BCUT2D eigenvalue weighted by molar-refractivity contribution is 0.0784. The van der Waals surface area contributed by atoms with E-state index in [-0.39, 0.29) is 11.9 Å². The van der Waals surface area contributed by atoms with Gasteiger partial charge in [0.2, 0.25) is 0 Å². The Bertz CT molecular complexity index is 342. The molecule has 0 radical (unpaired) electrons. The molecule has 2 nitrogen and oxygen atoms in total. The van der Waals surface area contributed by atoms with E-state index in [1.807, 2.05) is 20.0 Å². The molecule has 1 unspecified atom stereocenters. The van der Waals surface area contributed by atoms with Crippen LogP contribution in [-0.2, 0) is 0 Å². The molecule has 0 aromatic carbocycles. The summed E-state index contributed by atoms with van der Waals surface area (Å²) in [7, 11) is 1.86. The minimum absolute atomic E-state index is 0.168. The Hall–Kier alpha value is -0.830. The van der Waals surface area contributed by atoms with Crippen LogP contribution in [0.3, 0.4) is 0 Å². The predicted molar refractivity (Wildman–Crippen MR) is 49.6 cm³/mol. The van der Waals surface area contributed by atoms with Gasteiger partial charge in [-0.1, -0.05) is 0 Å². The Morgan fingerprint density at radius 3 is 2.83 bits per heavy atom. The molecule has 0 N–H and O–H groups in total. The van der Waals surface area contributed by atoms with Crippen molar-refractivity contribution in [3.05, 3.63) is 21.4 Å². The minimum Gasteiger partial charge on any atom is -0.334 e. The molecule has 0 spiro atoms. The normalized spacial score (nSPS) is 21.8. The first kappa shape index (κ1) is 7.80. The Morgan fingerprint density at radius 1 is 1.58 bits per heavy atom. The van der Waals surface area contributed by atoms with Gasteiger partial charge < -0.3 is 4.90 Å². The molecule has 0 saturated heterocycles. The second kappa shape index (κ2) is 2.33. The lowest BCUT2D eigenvalue weighted by Gasteiger charge is -2.14. The molecule has 2 rings (SSSR count). The summed E-state index contributed by atoms with van der Waals surface area (Å²) in [4.78, 5) is 15.8. The van der Waals surface area contributed by atoms with Gasteiger partial charge in [0.1, 0.15) is 0 Å². The van der Waals surface area contributed by atoms with E-state index in [1.165, 1.54) is 9.75 Å². The number of hydrogen-bond donors (Lipinski definition) is 0. The Balaban J connectivity index is 2.57. The van der Waals surface area contributed by atoms with Gasteiger partial charge in [-0.05, 0) is 19.9 Å². The van der Waals surface area contributed by atoms with Gasteiger partial charge >= 0.3 is 0 Å². The predicted octanol–water partition coefficient (Wildman–Crippen LogP) is 2.20. The minimum atomic E-state index is 0.168. The number of nitrogens with zero attached hydrogens (tertiary/aromatic N) is 1. The zero-order chi connectivity index (χ0) is 8.88. The lowest BCUT2D eigenvalue weighted by Crippen LogP contribution is -2.21. The fourth-order valence-electron chi connectivity index (χ4n) is 1.55. The van der Waals surface area contributed by atoms with E-state index in [4.69, 9.17) is 0 Å². The topological polar surface area (TPSA) is 20.3 Å². The summed E-state index contributed by atoms with van der Waals surface area (Å²) in [6.45, 7) is 4.11. The van der Waals surface area contributed by atoms with Crippen LogP contribution in [0.4, 0.5) is 0 Å². The van der Waals surface area contributed by atoms with Crippen LogP contribution >= 0.6 is 11.3 Å². The smallest absolute Gasteiger partial charge is 0.255 e. The molecule has 3 heteroatoms. The highest BCUT2D eigenvalue weighted by Gasteiger charge is 2.32. The number of hydrogen-bond acceptors (Lipinski definition) is 2. The van der Waals surface area contributed by atoms with Gasteiger partial charge in [-0.25, -0.2) is 0 Å². The summed E-state index contributed by atoms with van der Waals surface area (Å²) in [6, 6.07) is 2.26. The molecule has 0 bridgehead atoms. The summed E-state index contributed by atoms with van der Waals surface area (Å²) in [5.74, 6) is 0.168. The van der Waals surface area contributed by atoms with Crippen molar-refractivity contribution in [1.29, 1.82) is 0 Å². The summed E-state index contributed by atoms with van der Waals surface area (Å²) in [5.41, 5.74) is 0.910. The lowest BCUT2D eigenvalue weighted by atomic mass is 10.2. The molecule has 0 fully saturated rings. The number of aryl methyl sites for hydroxylation is 1. The van der Waals surface area contributed by atoms with E-state index in [1.54, 1.807) is 16.2 Å². The van der Waals surface area contributed by atoms with Crippen molar-refractivity contribution in [2.75, 3.05) is 7.05 Å². The van der Waals surface area contributed by atoms with Gasteiger partial charge in [-0.15, -0.1) is 11.3 Å². The highest BCUT2D eigenvalue weighted by molar-refractivity contribution is 7.12. The van der Waals surface area contributed by atoms with Gasteiger partial charge in [0.05, 0.1) is 11.6 Å². The van der Waals surface area contributed by atoms with Crippen LogP contribution in [0.1, 0.15) is 33.1 Å². The van der Waals surface area contributed by atoms with Crippen LogP contribution in [0, 0.1) is 6.92 Å². The third kappa shape index (κ3) is 0.829. The van der Waals surface area contributed by atoms with Crippen molar-refractivity contribution in [1.82, 2.24) is 4.90 Å². The summed E-state index contributed by atoms with van der Waals surface area (Å²) < 4.78 is 0. The van der Waals surface area contributed by atoms with Gasteiger partial charge in [0.25, 0.3) is 5.91 Å². The molecule has 1 aromatic rings. The summed E-state index contributed by atoms with van der Waals surface area (Å²) >= 11 is 1.73. The van der Waals surface area contributed by atoms with Gasteiger partial charge in [-0.3, -0.25) is 4.79 Å². The average Bonchev–Trinajstić information content (AvgIpc) is 2.49. The third-order valence-corrected chi connectivity index (χ3v) is 3.62. The zero-order valence-corrected chi connectivity index (χ0v) is 8.23. The monoisotopic (exact) mass is 181 g/mol. The molecule has 12 heavy (non-hydrogen) atoms. The first-order valence-electron chi connectivity index (χ1n) is 3.98. The Kier molecular flexibility index (Phi) is 1.51. The fraction of sp³-hybridized carbons (Fsp3) is 0.444. The maximum Gasteiger partial charge on any atom is 0.255 e. The number of carbonyl (C=O) groups excluding carboxylic acids is 1. The van der Waals surface area contributed by atoms with Gasteiger partial charge in [0.15, 0.2) is 0 Å². The average molecular weight is 181 g/mol. The van der Waals surface area contributed by atoms with E-state index in [0.29, 0.717) is 0 Å². The number of amides is 1. The van der Waals surface area contributed by atoms with Crippen molar-refractivity contribution in [2.24, 2.45) is 0 Å². The van der Waals surface area contributed by atoms with Crippen LogP contribution < -0.4 is 0 Å². The first-order valence-corrected chi connectivity index (χ1v) is 4.80. The summed E-state index contributed by atoms with van der Waals surface area (Å²) in [6.07, 6.45) is 0. The molecule has 1 aromatic heterocycles. The zero-order valence-electron chi connectivity index (χ0n) is 7.42. The van der Waals surface area contributed by atoms with Crippen LogP contribution in [-0.4, -0.2) is 17.9 Å². The largest absolute Gasteiger partial charge is 0.334 e. The molecular formula is C9H11NOS. The van der Waals surface area contributed by atoms with Gasteiger partial charge in [0, 0.05) is 16.8 Å². The van der Waals surface area contributed by atoms with Crippen LogP contribution in [0.5, 0.6) is 0 Å². The van der Waals surface area contributed by atoms with Crippen molar-refractivity contribution in [3.8, 4) is 0 Å². The maximum absolute atomic E-state index is 11.6. The molecule has 2 heterocycles. The number of thiophene rings is 1. The highest BCUT2D eigenvalue weighted by atomic mass is 32.1. The first-order chi connectivity index (χ1) is 5.61. The van der Waals surface area contributed by atoms with Crippen molar-refractivity contribution < 1.29 is 4.79 Å². The molecule has 1 aliphatic rings. The van der Waals surface area contributed by atoms with Gasteiger partial charge in [-0.2, -0.15) is 0 Å². The van der Waals surface area contributed by atoms with Crippen molar-refractivity contribution in [2.45, 2.75) is 19.9 Å². The molecule has 0 saturated carbocycles. The number of fused-ring (bicyclic) bond motifs is 1. The number of rotatable bonds is 0. The van der Waals surface area contributed by atoms with E-state index in [0.717, 1.165) is 5.56 Å². The van der Waals surface area contributed by atoms with Crippen LogP contribution in [0.2, 0.25) is 0 Å². The quantitative estimate of drug-likeness (QED) is 0.601. The molecule has 1 atom stereocenters. The van der Waals surface area contributed by atoms with Crippen LogP contribution in [0.25, 0.3) is 0 Å².